The highest BCUT2D eigenvalue weighted by Crippen LogP contribution is 2.31. The lowest BCUT2D eigenvalue weighted by molar-refractivity contribution is 0.108. The van der Waals surface area contributed by atoms with Gasteiger partial charge in [-0.05, 0) is 51.0 Å². The van der Waals surface area contributed by atoms with Crippen molar-refractivity contribution in [2.75, 3.05) is 45.9 Å². The molecule has 1 saturated heterocycles. The lowest BCUT2D eigenvalue weighted by Crippen LogP contribution is -2.38. The average molecular weight is 452 g/mol. The number of nitrogens with zero attached hydrogens (tertiary/aromatic N) is 2. The van der Waals surface area contributed by atoms with Crippen LogP contribution in [0, 0.1) is 11.8 Å². The van der Waals surface area contributed by atoms with E-state index in [1.165, 1.54) is 32.4 Å². The standard InChI is InChI=1S/C18H36N4O.HI/c1-4-19-18(20-9-5-11-23-14-15(2)3)21-12-16-8-10-22(13-16)17-6-7-17;/h15-17H,4-14H2,1-3H3,(H2,19,20,21);1H. The molecule has 2 N–H and O–H groups in total. The van der Waals surface area contributed by atoms with Crippen LogP contribution in [0.2, 0.25) is 0 Å². The quantitative estimate of drug-likeness (QED) is 0.232. The van der Waals surface area contributed by atoms with E-state index in [1.54, 1.807) is 0 Å². The van der Waals surface area contributed by atoms with Crippen molar-refractivity contribution in [3.05, 3.63) is 0 Å². The lowest BCUT2D eigenvalue weighted by Gasteiger charge is -2.15. The van der Waals surface area contributed by atoms with E-state index in [-0.39, 0.29) is 24.0 Å². The minimum Gasteiger partial charge on any atom is -0.381 e. The van der Waals surface area contributed by atoms with E-state index in [9.17, 15) is 0 Å². The lowest BCUT2D eigenvalue weighted by atomic mass is 10.1. The summed E-state index contributed by atoms with van der Waals surface area (Å²) in [5.74, 6) is 2.31. The fourth-order valence-electron chi connectivity index (χ4n) is 3.05. The molecule has 0 amide bonds. The Hall–Kier alpha value is -0.0800. The van der Waals surface area contributed by atoms with Crippen LogP contribution in [0.5, 0.6) is 0 Å². The molecule has 1 saturated carbocycles. The van der Waals surface area contributed by atoms with Crippen LogP contribution in [0.1, 0.15) is 46.5 Å². The van der Waals surface area contributed by atoms with Crippen LogP contribution in [0.4, 0.5) is 0 Å². The molecule has 1 atom stereocenters. The van der Waals surface area contributed by atoms with Crippen LogP contribution >= 0.6 is 24.0 Å². The third-order valence-corrected chi connectivity index (χ3v) is 4.44. The van der Waals surface area contributed by atoms with Gasteiger partial charge >= 0.3 is 0 Å². The Balaban J connectivity index is 0.00000288. The van der Waals surface area contributed by atoms with Gasteiger partial charge in [0.1, 0.15) is 0 Å². The maximum absolute atomic E-state index is 5.61. The zero-order valence-corrected chi connectivity index (χ0v) is 18.1. The molecule has 0 aromatic heterocycles. The first-order valence-corrected chi connectivity index (χ1v) is 9.53. The van der Waals surface area contributed by atoms with Gasteiger partial charge in [-0.3, -0.25) is 4.99 Å². The van der Waals surface area contributed by atoms with Crippen LogP contribution in [0.3, 0.4) is 0 Å². The van der Waals surface area contributed by atoms with Gasteiger partial charge in [0.15, 0.2) is 5.96 Å². The number of rotatable bonds is 10. The van der Waals surface area contributed by atoms with Crippen LogP contribution in [0.25, 0.3) is 0 Å². The van der Waals surface area contributed by atoms with Gasteiger partial charge < -0.3 is 20.3 Å². The number of ether oxygens (including phenoxy) is 1. The van der Waals surface area contributed by atoms with Gasteiger partial charge in [0.25, 0.3) is 0 Å². The second kappa shape index (κ2) is 12.3. The summed E-state index contributed by atoms with van der Waals surface area (Å²) >= 11 is 0. The fraction of sp³-hybridized carbons (Fsp3) is 0.944. The van der Waals surface area contributed by atoms with E-state index in [1.807, 2.05) is 0 Å². The summed E-state index contributed by atoms with van der Waals surface area (Å²) in [6.07, 6.45) is 5.16. The van der Waals surface area contributed by atoms with Gasteiger partial charge in [-0.25, -0.2) is 0 Å². The number of hydrogen-bond donors (Lipinski definition) is 2. The summed E-state index contributed by atoms with van der Waals surface area (Å²) in [6, 6.07) is 0.904. The molecule has 2 aliphatic rings. The van der Waals surface area contributed by atoms with E-state index >= 15 is 0 Å². The van der Waals surface area contributed by atoms with Crippen molar-refractivity contribution in [2.45, 2.75) is 52.5 Å². The van der Waals surface area contributed by atoms with Crippen LogP contribution in [-0.2, 0) is 4.74 Å². The van der Waals surface area contributed by atoms with Crippen molar-refractivity contribution in [3.63, 3.8) is 0 Å². The average Bonchev–Trinajstić information content (AvgIpc) is 3.27. The Bertz CT molecular complexity index is 361. The summed E-state index contributed by atoms with van der Waals surface area (Å²) in [4.78, 5) is 7.44. The molecule has 1 heterocycles. The molecular formula is C18H37IN4O. The molecule has 0 radical (unpaired) electrons. The molecule has 6 heteroatoms. The largest absolute Gasteiger partial charge is 0.381 e. The molecule has 0 aromatic carbocycles. The second-order valence-electron chi connectivity index (χ2n) is 7.35. The van der Waals surface area contributed by atoms with E-state index in [0.29, 0.717) is 5.92 Å². The molecule has 142 valence electrons. The number of guanidine groups is 1. The van der Waals surface area contributed by atoms with Gasteiger partial charge in [0.2, 0.25) is 0 Å². The highest BCUT2D eigenvalue weighted by molar-refractivity contribution is 14.0. The minimum absolute atomic E-state index is 0. The third-order valence-electron chi connectivity index (χ3n) is 4.44. The first-order valence-electron chi connectivity index (χ1n) is 9.53. The Labute approximate surface area is 165 Å². The normalized spacial score (nSPS) is 21.8. The van der Waals surface area contributed by atoms with E-state index in [0.717, 1.165) is 57.2 Å². The van der Waals surface area contributed by atoms with Crippen LogP contribution in [-0.4, -0.2) is 62.8 Å². The minimum atomic E-state index is 0. The zero-order valence-electron chi connectivity index (χ0n) is 15.7. The third kappa shape index (κ3) is 8.85. The smallest absolute Gasteiger partial charge is 0.191 e. The number of hydrogen-bond acceptors (Lipinski definition) is 3. The van der Waals surface area contributed by atoms with Crippen molar-refractivity contribution < 1.29 is 4.74 Å². The maximum Gasteiger partial charge on any atom is 0.191 e. The van der Waals surface area contributed by atoms with E-state index < -0.39 is 0 Å². The zero-order chi connectivity index (χ0) is 16.5. The summed E-state index contributed by atoms with van der Waals surface area (Å²) in [5.41, 5.74) is 0. The van der Waals surface area contributed by atoms with Crippen molar-refractivity contribution in [2.24, 2.45) is 16.8 Å². The molecular weight excluding hydrogens is 415 g/mol. The highest BCUT2D eigenvalue weighted by Gasteiger charge is 2.34. The van der Waals surface area contributed by atoms with E-state index in [4.69, 9.17) is 9.73 Å². The highest BCUT2D eigenvalue weighted by atomic mass is 127. The Morgan fingerprint density at radius 3 is 2.71 bits per heavy atom. The molecule has 1 unspecified atom stereocenters. The molecule has 0 aromatic rings. The molecule has 1 aliphatic carbocycles. The van der Waals surface area contributed by atoms with Gasteiger partial charge in [0, 0.05) is 45.4 Å². The first-order chi connectivity index (χ1) is 11.2. The second-order valence-corrected chi connectivity index (χ2v) is 7.35. The summed E-state index contributed by atoms with van der Waals surface area (Å²) in [5, 5.41) is 6.77. The van der Waals surface area contributed by atoms with Gasteiger partial charge in [-0.1, -0.05) is 13.8 Å². The SMILES string of the molecule is CCNC(=NCC1CCN(C2CC2)C1)NCCCOCC(C)C.I. The van der Waals surface area contributed by atoms with Crippen molar-refractivity contribution in [1.29, 1.82) is 0 Å². The van der Waals surface area contributed by atoms with Crippen LogP contribution in [0.15, 0.2) is 4.99 Å². The molecule has 0 spiro atoms. The fourth-order valence-corrected chi connectivity index (χ4v) is 3.05. The van der Waals surface area contributed by atoms with Gasteiger partial charge in [-0.2, -0.15) is 0 Å². The van der Waals surface area contributed by atoms with Crippen LogP contribution < -0.4 is 10.6 Å². The van der Waals surface area contributed by atoms with Crippen molar-refractivity contribution in [3.8, 4) is 0 Å². The Morgan fingerprint density at radius 1 is 1.25 bits per heavy atom. The molecule has 2 fully saturated rings. The predicted molar refractivity (Wildman–Crippen MR) is 112 cm³/mol. The molecule has 5 nitrogen and oxygen atoms in total. The number of likely N-dealkylation sites (tertiary alicyclic amines) is 1. The monoisotopic (exact) mass is 452 g/mol. The molecule has 2 rings (SSSR count). The Kier molecular flexibility index (Phi) is 11.3. The molecule has 0 bridgehead atoms. The predicted octanol–water partition coefficient (Wildman–Crippen LogP) is 2.71. The maximum atomic E-state index is 5.61. The molecule has 1 aliphatic heterocycles. The number of nitrogens with one attached hydrogen (secondary N) is 2. The summed E-state index contributed by atoms with van der Waals surface area (Å²) in [6.45, 7) is 13.5. The van der Waals surface area contributed by atoms with Crippen molar-refractivity contribution >= 4 is 29.9 Å². The number of halogens is 1. The number of aliphatic imine (C=N–C) groups is 1. The topological polar surface area (TPSA) is 48.9 Å². The molecule has 24 heavy (non-hydrogen) atoms. The van der Waals surface area contributed by atoms with E-state index in [2.05, 4.69) is 36.3 Å². The van der Waals surface area contributed by atoms with Gasteiger partial charge in [0.05, 0.1) is 0 Å². The Morgan fingerprint density at radius 2 is 2.04 bits per heavy atom. The van der Waals surface area contributed by atoms with Gasteiger partial charge in [-0.15, -0.1) is 24.0 Å². The summed E-state index contributed by atoms with van der Waals surface area (Å²) < 4.78 is 5.61. The summed E-state index contributed by atoms with van der Waals surface area (Å²) in [7, 11) is 0. The van der Waals surface area contributed by atoms with Crippen molar-refractivity contribution in [1.82, 2.24) is 15.5 Å². The first kappa shape index (κ1) is 22.0.